The van der Waals surface area contributed by atoms with Crippen molar-refractivity contribution in [3.63, 3.8) is 0 Å². The zero-order chi connectivity index (χ0) is 24.1. The van der Waals surface area contributed by atoms with Gasteiger partial charge in [0.15, 0.2) is 11.5 Å². The van der Waals surface area contributed by atoms with Crippen LogP contribution in [-0.2, 0) is 4.79 Å². The zero-order valence-corrected chi connectivity index (χ0v) is 20.2. The first kappa shape index (κ1) is 23.9. The van der Waals surface area contributed by atoms with E-state index in [1.807, 2.05) is 12.1 Å². The van der Waals surface area contributed by atoms with Crippen LogP contribution in [0.3, 0.4) is 0 Å². The average molecular weight is 467 g/mol. The van der Waals surface area contributed by atoms with Crippen molar-refractivity contribution >= 4 is 17.5 Å². The maximum atomic E-state index is 13.3. The molecule has 0 saturated heterocycles. The standard InChI is InChI=1S/C27H34N2O5/c1-17(30)28-23-12-10-20(15-25(23)34-16-18-8-9-18)27(31)29-22-7-5-4-6-21(22)19-11-13-24(32-2)26(14-19)33-3/h10-15,18,21-22H,4-9,16H2,1-3H3,(H,28,30)(H,29,31). The van der Waals surface area contributed by atoms with Gasteiger partial charge >= 0.3 is 0 Å². The van der Waals surface area contributed by atoms with Gasteiger partial charge in [-0.2, -0.15) is 0 Å². The summed E-state index contributed by atoms with van der Waals surface area (Å²) >= 11 is 0. The van der Waals surface area contributed by atoms with Gasteiger partial charge in [0.2, 0.25) is 5.91 Å². The topological polar surface area (TPSA) is 85.9 Å². The Labute approximate surface area is 201 Å². The first-order valence-corrected chi connectivity index (χ1v) is 12.1. The predicted molar refractivity (Wildman–Crippen MR) is 131 cm³/mol. The molecule has 2 N–H and O–H groups in total. The molecule has 0 radical (unpaired) electrons. The summed E-state index contributed by atoms with van der Waals surface area (Å²) in [6.07, 6.45) is 6.43. The van der Waals surface area contributed by atoms with Gasteiger partial charge < -0.3 is 24.8 Å². The number of hydrogen-bond acceptors (Lipinski definition) is 5. The molecular formula is C27H34N2O5. The number of anilines is 1. The fraction of sp³-hybridized carbons (Fsp3) is 0.481. The number of carbonyl (C=O) groups excluding carboxylic acids is 2. The van der Waals surface area contributed by atoms with Gasteiger partial charge in [-0.1, -0.05) is 18.9 Å². The van der Waals surface area contributed by atoms with Crippen molar-refractivity contribution in [3.8, 4) is 17.2 Å². The van der Waals surface area contributed by atoms with E-state index < -0.39 is 0 Å². The minimum absolute atomic E-state index is 0.0187. The monoisotopic (exact) mass is 466 g/mol. The van der Waals surface area contributed by atoms with Crippen molar-refractivity contribution in [2.45, 2.75) is 57.4 Å². The van der Waals surface area contributed by atoms with Gasteiger partial charge in [0.1, 0.15) is 5.75 Å². The average Bonchev–Trinajstić information content (AvgIpc) is 3.67. The Balaban J connectivity index is 1.51. The SMILES string of the molecule is COc1ccc(C2CCCCC2NC(=O)c2ccc(NC(C)=O)c(OCC3CC3)c2)cc1OC. The van der Waals surface area contributed by atoms with Gasteiger partial charge in [-0.15, -0.1) is 0 Å². The molecule has 2 aromatic rings. The molecule has 2 atom stereocenters. The molecule has 0 aliphatic heterocycles. The van der Waals surface area contributed by atoms with Crippen LogP contribution in [0.1, 0.15) is 67.3 Å². The number of carbonyl (C=O) groups is 2. The summed E-state index contributed by atoms with van der Waals surface area (Å²) < 4.78 is 16.8. The van der Waals surface area contributed by atoms with Gasteiger partial charge in [0.25, 0.3) is 5.91 Å². The van der Waals surface area contributed by atoms with Gasteiger partial charge in [0, 0.05) is 24.4 Å². The van der Waals surface area contributed by atoms with Crippen LogP contribution in [-0.4, -0.2) is 38.7 Å². The Morgan fingerprint density at radius 3 is 2.38 bits per heavy atom. The number of ether oxygens (including phenoxy) is 3. The summed E-state index contributed by atoms with van der Waals surface area (Å²) in [5.41, 5.74) is 2.25. The van der Waals surface area contributed by atoms with Crippen molar-refractivity contribution in [1.29, 1.82) is 0 Å². The van der Waals surface area contributed by atoms with E-state index in [2.05, 4.69) is 16.7 Å². The summed E-state index contributed by atoms with van der Waals surface area (Å²) in [5, 5.41) is 6.06. The van der Waals surface area contributed by atoms with Gasteiger partial charge in [0.05, 0.1) is 26.5 Å². The van der Waals surface area contributed by atoms with Crippen LogP contribution in [0.25, 0.3) is 0 Å². The molecular weight excluding hydrogens is 432 g/mol. The van der Waals surface area contributed by atoms with E-state index in [9.17, 15) is 9.59 Å². The second-order valence-corrected chi connectivity index (χ2v) is 9.23. The molecule has 2 aliphatic carbocycles. The van der Waals surface area contributed by atoms with E-state index in [0.717, 1.165) is 44.1 Å². The van der Waals surface area contributed by atoms with E-state index >= 15 is 0 Å². The number of amides is 2. The van der Waals surface area contributed by atoms with Crippen LogP contribution >= 0.6 is 0 Å². The number of methoxy groups -OCH3 is 2. The van der Waals surface area contributed by atoms with Crippen molar-refractivity contribution in [2.24, 2.45) is 5.92 Å². The van der Waals surface area contributed by atoms with Crippen LogP contribution in [0.4, 0.5) is 5.69 Å². The second kappa shape index (κ2) is 10.8. The molecule has 2 fully saturated rings. The Morgan fingerprint density at radius 1 is 0.912 bits per heavy atom. The summed E-state index contributed by atoms with van der Waals surface area (Å²) in [6, 6.07) is 11.2. The van der Waals surface area contributed by atoms with Crippen LogP contribution in [0.2, 0.25) is 0 Å². The molecule has 0 heterocycles. The lowest BCUT2D eigenvalue weighted by atomic mass is 9.79. The van der Waals surface area contributed by atoms with Crippen molar-refractivity contribution in [3.05, 3.63) is 47.5 Å². The van der Waals surface area contributed by atoms with Crippen LogP contribution in [0, 0.1) is 5.92 Å². The fourth-order valence-electron chi connectivity index (χ4n) is 4.61. The Kier molecular flexibility index (Phi) is 7.60. The highest BCUT2D eigenvalue weighted by atomic mass is 16.5. The third kappa shape index (κ3) is 5.82. The fourth-order valence-corrected chi connectivity index (χ4v) is 4.61. The second-order valence-electron chi connectivity index (χ2n) is 9.23. The van der Waals surface area contributed by atoms with Crippen LogP contribution < -0.4 is 24.8 Å². The first-order chi connectivity index (χ1) is 16.5. The molecule has 7 heteroatoms. The molecule has 2 unspecified atom stereocenters. The molecule has 182 valence electrons. The molecule has 34 heavy (non-hydrogen) atoms. The largest absolute Gasteiger partial charge is 0.493 e. The van der Waals surface area contributed by atoms with Gasteiger partial charge in [-0.05, 0) is 67.5 Å². The number of benzene rings is 2. The third-order valence-electron chi connectivity index (χ3n) is 6.64. The molecule has 4 rings (SSSR count). The summed E-state index contributed by atoms with van der Waals surface area (Å²) in [5.74, 6) is 2.38. The summed E-state index contributed by atoms with van der Waals surface area (Å²) in [6.45, 7) is 2.06. The van der Waals surface area contributed by atoms with Crippen LogP contribution in [0.5, 0.6) is 17.2 Å². The quantitative estimate of drug-likeness (QED) is 0.549. The lowest BCUT2D eigenvalue weighted by molar-refractivity contribution is -0.114. The lowest BCUT2D eigenvalue weighted by Crippen LogP contribution is -2.41. The minimum atomic E-state index is -0.173. The molecule has 2 aliphatic rings. The normalized spacial score (nSPS) is 19.7. The highest BCUT2D eigenvalue weighted by molar-refractivity contribution is 5.97. The number of hydrogen-bond donors (Lipinski definition) is 2. The Morgan fingerprint density at radius 2 is 1.68 bits per heavy atom. The zero-order valence-electron chi connectivity index (χ0n) is 20.2. The summed E-state index contributed by atoms with van der Waals surface area (Å²) in [4.78, 5) is 24.8. The van der Waals surface area contributed by atoms with E-state index in [-0.39, 0.29) is 23.8 Å². The van der Waals surface area contributed by atoms with E-state index in [0.29, 0.717) is 41.0 Å². The highest BCUT2D eigenvalue weighted by Gasteiger charge is 2.29. The van der Waals surface area contributed by atoms with Crippen molar-refractivity contribution in [2.75, 3.05) is 26.1 Å². The molecule has 0 spiro atoms. The van der Waals surface area contributed by atoms with Crippen molar-refractivity contribution in [1.82, 2.24) is 5.32 Å². The molecule has 2 amide bonds. The van der Waals surface area contributed by atoms with Gasteiger partial charge in [-0.3, -0.25) is 9.59 Å². The number of rotatable bonds is 9. The Bertz CT molecular complexity index is 1030. The number of nitrogens with one attached hydrogen (secondary N) is 2. The van der Waals surface area contributed by atoms with Crippen LogP contribution in [0.15, 0.2) is 36.4 Å². The molecule has 2 aromatic carbocycles. The smallest absolute Gasteiger partial charge is 0.251 e. The van der Waals surface area contributed by atoms with E-state index in [1.54, 1.807) is 32.4 Å². The summed E-state index contributed by atoms with van der Waals surface area (Å²) in [7, 11) is 3.26. The predicted octanol–water partition coefficient (Wildman–Crippen LogP) is 4.91. The maximum absolute atomic E-state index is 13.3. The Hall–Kier alpha value is -3.22. The molecule has 0 bridgehead atoms. The molecule has 2 saturated carbocycles. The highest BCUT2D eigenvalue weighted by Crippen LogP contribution is 2.38. The first-order valence-electron chi connectivity index (χ1n) is 12.1. The third-order valence-corrected chi connectivity index (χ3v) is 6.64. The molecule has 7 nitrogen and oxygen atoms in total. The molecule has 0 aromatic heterocycles. The van der Waals surface area contributed by atoms with E-state index in [1.165, 1.54) is 6.92 Å². The minimum Gasteiger partial charge on any atom is -0.493 e. The van der Waals surface area contributed by atoms with Crippen molar-refractivity contribution < 1.29 is 23.8 Å². The van der Waals surface area contributed by atoms with Gasteiger partial charge in [-0.25, -0.2) is 0 Å². The maximum Gasteiger partial charge on any atom is 0.251 e. The lowest BCUT2D eigenvalue weighted by Gasteiger charge is -2.33. The van der Waals surface area contributed by atoms with E-state index in [4.69, 9.17) is 14.2 Å².